The zero-order valence-corrected chi connectivity index (χ0v) is 27.7. The topological polar surface area (TPSA) is 121 Å². The summed E-state index contributed by atoms with van der Waals surface area (Å²) in [6, 6.07) is 4.91. The van der Waals surface area contributed by atoms with Gasteiger partial charge in [-0.3, -0.25) is 14.6 Å². The summed E-state index contributed by atoms with van der Waals surface area (Å²) in [6.07, 6.45) is 8.50. The van der Waals surface area contributed by atoms with Gasteiger partial charge in [-0.05, 0) is 59.1 Å². The Kier molecular flexibility index (Phi) is 9.93. The fraction of sp³-hybridized carbons (Fsp3) is 0.529. The Morgan fingerprint density at radius 3 is 2.39 bits per heavy atom. The molecule has 1 aromatic heterocycles. The summed E-state index contributed by atoms with van der Waals surface area (Å²) in [7, 11) is 3.17. The average Bonchev–Trinajstić information content (AvgIpc) is 3.04. The van der Waals surface area contributed by atoms with Crippen LogP contribution in [0.25, 0.3) is 0 Å². The highest BCUT2D eigenvalue weighted by Gasteiger charge is 2.40. The first kappa shape index (κ1) is 32.9. The number of nitrogens with zero attached hydrogens (tertiary/aromatic N) is 5. The number of nitrogens with one attached hydrogen (secondary N) is 2. The molecule has 248 valence electrons. The molecule has 1 aromatic carbocycles. The maximum absolute atomic E-state index is 14.6. The summed E-state index contributed by atoms with van der Waals surface area (Å²) in [5, 5.41) is 6.52. The zero-order chi connectivity index (χ0) is 33.0. The predicted molar refractivity (Wildman–Crippen MR) is 178 cm³/mol. The number of ether oxygens (including phenoxy) is 3. The normalized spacial score (nSPS) is 21.6. The number of rotatable bonds is 10. The second kappa shape index (κ2) is 13.9. The summed E-state index contributed by atoms with van der Waals surface area (Å²) in [4.78, 5) is 42.0. The van der Waals surface area contributed by atoms with Crippen LogP contribution in [0.3, 0.4) is 0 Å². The van der Waals surface area contributed by atoms with E-state index in [0.29, 0.717) is 41.4 Å². The number of hydrogen-bond donors (Lipinski definition) is 2. The van der Waals surface area contributed by atoms with Crippen LogP contribution in [-0.4, -0.2) is 77.8 Å². The van der Waals surface area contributed by atoms with Crippen LogP contribution >= 0.6 is 0 Å². The van der Waals surface area contributed by atoms with Gasteiger partial charge in [-0.2, -0.15) is 4.98 Å². The van der Waals surface area contributed by atoms with Crippen LogP contribution < -0.4 is 29.9 Å². The lowest BCUT2D eigenvalue weighted by molar-refractivity contribution is -0.117. The van der Waals surface area contributed by atoms with E-state index < -0.39 is 5.60 Å². The second-order valence-corrected chi connectivity index (χ2v) is 13.1. The molecule has 1 saturated carbocycles. The van der Waals surface area contributed by atoms with Gasteiger partial charge in [0.25, 0.3) is 0 Å². The Bertz CT molecular complexity index is 1440. The third kappa shape index (κ3) is 7.48. The number of hydrogen-bond acceptors (Lipinski definition) is 9. The maximum atomic E-state index is 14.6. The largest absolute Gasteiger partial charge is 0.497 e. The second-order valence-electron chi connectivity index (χ2n) is 13.1. The molecule has 5 rings (SSSR count). The van der Waals surface area contributed by atoms with Gasteiger partial charge in [-0.25, -0.2) is 9.78 Å². The SMILES string of the molecule is C=CC(=O)NC1CCCCC1Nc1ncc2c(n1)N(C1CCCN(C(=C)OC(C)(C)C)C1)C(=O)N(c1cc(OC)cc(OC)c1)C2. The number of fused-ring (bicyclic) bond motifs is 1. The van der Waals surface area contributed by atoms with Crippen molar-refractivity contribution in [2.75, 3.05) is 42.4 Å². The van der Waals surface area contributed by atoms with Crippen molar-refractivity contribution in [3.05, 3.63) is 55.1 Å². The van der Waals surface area contributed by atoms with E-state index in [9.17, 15) is 9.59 Å². The molecule has 2 N–H and O–H groups in total. The fourth-order valence-electron chi connectivity index (χ4n) is 6.42. The van der Waals surface area contributed by atoms with E-state index in [1.165, 1.54) is 6.08 Å². The highest BCUT2D eigenvalue weighted by Crippen LogP contribution is 2.37. The van der Waals surface area contributed by atoms with Crippen LogP contribution in [0.15, 0.2) is 49.5 Å². The van der Waals surface area contributed by atoms with Crippen molar-refractivity contribution in [1.82, 2.24) is 20.2 Å². The van der Waals surface area contributed by atoms with Gasteiger partial charge in [0.05, 0.1) is 32.5 Å². The Morgan fingerprint density at radius 1 is 1.04 bits per heavy atom. The van der Waals surface area contributed by atoms with Crippen molar-refractivity contribution in [3.8, 4) is 11.5 Å². The van der Waals surface area contributed by atoms with E-state index in [1.807, 2.05) is 32.9 Å². The lowest BCUT2D eigenvalue weighted by Gasteiger charge is -2.45. The summed E-state index contributed by atoms with van der Waals surface area (Å²) < 4.78 is 17.2. The van der Waals surface area contributed by atoms with E-state index in [2.05, 4.69) is 33.7 Å². The first-order chi connectivity index (χ1) is 22.0. The lowest BCUT2D eigenvalue weighted by atomic mass is 9.90. The fourth-order valence-corrected chi connectivity index (χ4v) is 6.42. The molecule has 2 aromatic rings. The molecule has 3 aliphatic rings. The lowest BCUT2D eigenvalue weighted by Crippen LogP contribution is -2.57. The summed E-state index contributed by atoms with van der Waals surface area (Å²) in [6.45, 7) is 15.4. The number of likely N-dealkylation sites (tertiary alicyclic amines) is 1. The number of methoxy groups -OCH3 is 2. The smallest absolute Gasteiger partial charge is 0.330 e. The molecule has 3 atom stereocenters. The molecule has 3 unspecified atom stereocenters. The van der Waals surface area contributed by atoms with Gasteiger partial charge in [-0.1, -0.05) is 19.4 Å². The zero-order valence-electron chi connectivity index (χ0n) is 27.7. The molecule has 0 spiro atoms. The Balaban J connectivity index is 1.50. The standard InChI is InChI=1S/C34H47N7O5/c1-8-30(42)36-28-13-9-10-14-29(28)37-32-35-19-23-20-40(25-16-26(44-6)18-27(17-25)45-7)33(43)41(31(23)38-32)24-12-11-15-39(21-24)22(2)46-34(3,4)5/h8,16-19,24,28-29H,1-2,9-15,20-21H2,3-7H3,(H,36,42)(H,35,37,38). The third-order valence-electron chi connectivity index (χ3n) is 8.62. The van der Waals surface area contributed by atoms with Crippen LogP contribution in [-0.2, 0) is 16.1 Å². The molecule has 2 fully saturated rings. The quantitative estimate of drug-likeness (QED) is 0.268. The molecule has 1 aliphatic carbocycles. The molecule has 0 bridgehead atoms. The molecule has 0 radical (unpaired) electrons. The van der Waals surface area contributed by atoms with Crippen LogP contribution in [0, 0.1) is 0 Å². The van der Waals surface area contributed by atoms with E-state index >= 15 is 0 Å². The minimum absolute atomic E-state index is 0.0489. The minimum Gasteiger partial charge on any atom is -0.497 e. The number of benzene rings is 1. The number of aromatic nitrogens is 2. The van der Waals surface area contributed by atoms with Gasteiger partial charge in [0, 0.05) is 55.1 Å². The van der Waals surface area contributed by atoms with Crippen LogP contribution in [0.4, 0.5) is 22.2 Å². The van der Waals surface area contributed by atoms with Gasteiger partial charge < -0.3 is 29.7 Å². The number of anilines is 3. The van der Waals surface area contributed by atoms with E-state index in [4.69, 9.17) is 19.2 Å². The average molecular weight is 634 g/mol. The monoisotopic (exact) mass is 633 g/mol. The highest BCUT2D eigenvalue weighted by molar-refractivity contribution is 6.06. The molecular weight excluding hydrogens is 586 g/mol. The summed E-state index contributed by atoms with van der Waals surface area (Å²) >= 11 is 0. The van der Waals surface area contributed by atoms with Gasteiger partial charge in [0.2, 0.25) is 11.9 Å². The van der Waals surface area contributed by atoms with E-state index in [-0.39, 0.29) is 36.6 Å². The summed E-state index contributed by atoms with van der Waals surface area (Å²) in [5.41, 5.74) is 1.07. The van der Waals surface area contributed by atoms with Crippen LogP contribution in [0.5, 0.6) is 11.5 Å². The first-order valence-electron chi connectivity index (χ1n) is 16.0. The van der Waals surface area contributed by atoms with Crippen molar-refractivity contribution >= 4 is 29.4 Å². The first-order valence-corrected chi connectivity index (χ1v) is 16.0. The molecule has 3 heterocycles. The Morgan fingerprint density at radius 2 is 1.74 bits per heavy atom. The maximum Gasteiger partial charge on any atom is 0.330 e. The molecule has 12 nitrogen and oxygen atoms in total. The summed E-state index contributed by atoms with van der Waals surface area (Å²) in [5.74, 6) is 2.55. The van der Waals surface area contributed by atoms with Crippen LogP contribution in [0.1, 0.15) is 64.9 Å². The molecular formula is C34H47N7O5. The number of urea groups is 1. The van der Waals surface area contributed by atoms with Crippen molar-refractivity contribution in [3.63, 3.8) is 0 Å². The van der Waals surface area contributed by atoms with Gasteiger partial charge >= 0.3 is 6.03 Å². The van der Waals surface area contributed by atoms with Crippen LogP contribution in [0.2, 0.25) is 0 Å². The Hall–Kier alpha value is -4.48. The van der Waals surface area contributed by atoms with Gasteiger partial charge in [0.15, 0.2) is 5.88 Å². The van der Waals surface area contributed by atoms with Crippen molar-refractivity contribution < 1.29 is 23.8 Å². The van der Waals surface area contributed by atoms with Gasteiger partial charge in [0.1, 0.15) is 22.9 Å². The number of piperidine rings is 1. The predicted octanol–water partition coefficient (Wildman–Crippen LogP) is 5.22. The number of amides is 3. The molecule has 2 aliphatic heterocycles. The van der Waals surface area contributed by atoms with Crippen molar-refractivity contribution in [2.45, 2.75) is 89.6 Å². The molecule has 12 heteroatoms. The van der Waals surface area contributed by atoms with Crippen molar-refractivity contribution in [2.24, 2.45) is 0 Å². The Labute approximate surface area is 271 Å². The highest BCUT2D eigenvalue weighted by atomic mass is 16.5. The van der Waals surface area contributed by atoms with Crippen molar-refractivity contribution in [1.29, 1.82) is 0 Å². The number of carbonyl (C=O) groups is 2. The van der Waals surface area contributed by atoms with E-state index in [0.717, 1.165) is 50.6 Å². The van der Waals surface area contributed by atoms with Gasteiger partial charge in [-0.15, -0.1) is 0 Å². The minimum atomic E-state index is -0.393. The molecule has 3 amide bonds. The molecule has 1 saturated heterocycles. The molecule has 46 heavy (non-hydrogen) atoms. The number of carbonyl (C=O) groups excluding carboxylic acids is 2. The third-order valence-corrected chi connectivity index (χ3v) is 8.62. The van der Waals surface area contributed by atoms with E-state index in [1.54, 1.807) is 36.3 Å².